The number of nitrogens with zero attached hydrogens (tertiary/aromatic N) is 2. The van der Waals surface area contributed by atoms with Gasteiger partial charge in [0.05, 0.1) is 18.8 Å². The Kier molecular flexibility index (Phi) is 4.76. The van der Waals surface area contributed by atoms with E-state index in [2.05, 4.69) is 22.2 Å². The van der Waals surface area contributed by atoms with E-state index in [1.54, 1.807) is 7.11 Å². The normalized spacial score (nSPS) is 17.3. The average molecular weight is 367 g/mol. The minimum absolute atomic E-state index is 0.0340. The predicted molar refractivity (Wildman–Crippen MR) is 107 cm³/mol. The maximum atomic E-state index is 12.8. The molecule has 1 aromatic heterocycles. The van der Waals surface area contributed by atoms with Crippen molar-refractivity contribution in [3.05, 3.63) is 36.4 Å². The molecular formula is C21H25N3O3. The summed E-state index contributed by atoms with van der Waals surface area (Å²) in [5, 5.41) is 5.04. The summed E-state index contributed by atoms with van der Waals surface area (Å²) in [4.78, 5) is 17.3. The number of para-hydroxylation sites is 1. The summed E-state index contributed by atoms with van der Waals surface area (Å²) in [6.45, 7) is 5.69. The Morgan fingerprint density at radius 3 is 2.59 bits per heavy atom. The monoisotopic (exact) mass is 367 g/mol. The molecule has 27 heavy (non-hydrogen) atoms. The molecule has 6 nitrogen and oxygen atoms in total. The van der Waals surface area contributed by atoms with E-state index in [1.165, 1.54) is 0 Å². The van der Waals surface area contributed by atoms with Crippen molar-refractivity contribution < 1.29 is 13.9 Å². The Balaban J connectivity index is 1.60. The first kappa shape index (κ1) is 17.8. The van der Waals surface area contributed by atoms with E-state index in [1.807, 2.05) is 43.3 Å². The van der Waals surface area contributed by atoms with Crippen LogP contribution in [-0.4, -0.2) is 62.1 Å². The summed E-state index contributed by atoms with van der Waals surface area (Å²) < 4.78 is 11.5. The summed E-state index contributed by atoms with van der Waals surface area (Å²) in [6.07, 6.45) is 0. The number of piperazine rings is 1. The van der Waals surface area contributed by atoms with Gasteiger partial charge in [-0.25, -0.2) is 0 Å². The third-order valence-electron chi connectivity index (χ3n) is 5.42. The lowest BCUT2D eigenvalue weighted by Gasteiger charge is -2.35. The molecule has 1 N–H and O–H groups in total. The number of furan rings is 1. The van der Waals surface area contributed by atoms with Gasteiger partial charge in [0.25, 0.3) is 0 Å². The number of carbonyl (C=O) groups is 1. The minimum Gasteiger partial charge on any atom is -0.495 e. The number of fused-ring (bicyclic) bond motifs is 3. The molecule has 1 aliphatic heterocycles. The number of carbonyl (C=O) groups excluding carboxylic acids is 1. The van der Waals surface area contributed by atoms with Gasteiger partial charge in [0, 0.05) is 43.0 Å². The molecule has 0 bridgehead atoms. The fourth-order valence-electron chi connectivity index (χ4n) is 3.63. The van der Waals surface area contributed by atoms with Crippen LogP contribution in [0.3, 0.4) is 0 Å². The lowest BCUT2D eigenvalue weighted by atomic mass is 10.1. The van der Waals surface area contributed by atoms with E-state index in [-0.39, 0.29) is 11.9 Å². The highest BCUT2D eigenvalue weighted by Crippen LogP contribution is 2.36. The molecule has 4 rings (SSSR count). The van der Waals surface area contributed by atoms with Crippen LogP contribution in [0.2, 0.25) is 0 Å². The SMILES string of the molecule is COc1cc2c(cc1NC(=O)[C@@H](C)N1CCN(C)CC1)oc1ccccc12. The molecule has 1 atom stereocenters. The zero-order valence-corrected chi connectivity index (χ0v) is 16.0. The highest BCUT2D eigenvalue weighted by atomic mass is 16.5. The van der Waals surface area contributed by atoms with Crippen molar-refractivity contribution in [3.63, 3.8) is 0 Å². The average Bonchev–Trinajstić information content (AvgIpc) is 3.04. The predicted octanol–water partition coefficient (Wildman–Crippen LogP) is 3.17. The molecule has 3 aromatic rings. The molecule has 142 valence electrons. The smallest absolute Gasteiger partial charge is 0.241 e. The van der Waals surface area contributed by atoms with Gasteiger partial charge in [0.2, 0.25) is 5.91 Å². The second-order valence-corrected chi connectivity index (χ2v) is 7.15. The number of rotatable bonds is 4. The van der Waals surface area contributed by atoms with E-state index in [0.717, 1.165) is 48.1 Å². The van der Waals surface area contributed by atoms with Crippen LogP contribution < -0.4 is 10.1 Å². The first-order valence-corrected chi connectivity index (χ1v) is 9.29. The standard InChI is InChI=1S/C21H25N3O3/c1-14(24-10-8-23(2)9-11-24)21(25)22-17-13-19-16(12-20(17)26-3)15-6-4-5-7-18(15)27-19/h4-7,12-14H,8-11H2,1-3H3,(H,22,25)/t14-/m1/s1. The van der Waals surface area contributed by atoms with Crippen molar-refractivity contribution in [1.29, 1.82) is 0 Å². The third kappa shape index (κ3) is 3.38. The second kappa shape index (κ2) is 7.21. The Morgan fingerprint density at radius 1 is 1.11 bits per heavy atom. The summed E-state index contributed by atoms with van der Waals surface area (Å²) in [7, 11) is 3.72. The number of ether oxygens (including phenoxy) is 1. The van der Waals surface area contributed by atoms with Gasteiger partial charge in [-0.1, -0.05) is 18.2 Å². The number of anilines is 1. The Bertz CT molecular complexity index is 973. The van der Waals surface area contributed by atoms with Crippen LogP contribution in [0.4, 0.5) is 5.69 Å². The van der Waals surface area contributed by atoms with E-state index < -0.39 is 0 Å². The Hall–Kier alpha value is -2.57. The van der Waals surface area contributed by atoms with E-state index in [9.17, 15) is 4.79 Å². The molecule has 1 aliphatic rings. The van der Waals surface area contributed by atoms with Gasteiger partial charge in [-0.15, -0.1) is 0 Å². The first-order valence-electron chi connectivity index (χ1n) is 9.29. The number of nitrogens with one attached hydrogen (secondary N) is 1. The fraction of sp³-hybridized carbons (Fsp3) is 0.381. The van der Waals surface area contributed by atoms with Crippen LogP contribution >= 0.6 is 0 Å². The number of likely N-dealkylation sites (N-methyl/N-ethyl adjacent to an activating group) is 1. The van der Waals surface area contributed by atoms with Crippen LogP contribution in [-0.2, 0) is 4.79 Å². The molecule has 0 radical (unpaired) electrons. The summed E-state index contributed by atoms with van der Waals surface area (Å²) >= 11 is 0. The van der Waals surface area contributed by atoms with Gasteiger partial charge in [-0.2, -0.15) is 0 Å². The summed E-state index contributed by atoms with van der Waals surface area (Å²) in [5.74, 6) is 0.598. The van der Waals surface area contributed by atoms with Crippen LogP contribution in [0.15, 0.2) is 40.8 Å². The highest BCUT2D eigenvalue weighted by Gasteiger charge is 2.25. The van der Waals surface area contributed by atoms with E-state index >= 15 is 0 Å². The lowest BCUT2D eigenvalue weighted by Crippen LogP contribution is -2.51. The van der Waals surface area contributed by atoms with E-state index in [4.69, 9.17) is 9.15 Å². The molecule has 2 heterocycles. The second-order valence-electron chi connectivity index (χ2n) is 7.15. The van der Waals surface area contributed by atoms with Gasteiger partial charge in [0.1, 0.15) is 16.9 Å². The molecule has 0 saturated carbocycles. The maximum Gasteiger partial charge on any atom is 0.241 e. The van der Waals surface area contributed by atoms with Crippen molar-refractivity contribution in [2.24, 2.45) is 0 Å². The largest absolute Gasteiger partial charge is 0.495 e. The van der Waals surface area contributed by atoms with Gasteiger partial charge in [-0.05, 0) is 26.1 Å². The summed E-state index contributed by atoms with van der Waals surface area (Å²) in [5.41, 5.74) is 2.19. The van der Waals surface area contributed by atoms with Crippen molar-refractivity contribution in [2.45, 2.75) is 13.0 Å². The molecular weight excluding hydrogens is 342 g/mol. The van der Waals surface area contributed by atoms with Crippen molar-refractivity contribution >= 4 is 33.5 Å². The van der Waals surface area contributed by atoms with Crippen molar-refractivity contribution in [3.8, 4) is 5.75 Å². The number of hydrogen-bond acceptors (Lipinski definition) is 5. The Labute approximate surface area is 158 Å². The quantitative estimate of drug-likeness (QED) is 0.768. The van der Waals surface area contributed by atoms with Gasteiger partial charge < -0.3 is 19.4 Å². The topological polar surface area (TPSA) is 58.0 Å². The zero-order chi connectivity index (χ0) is 19.0. The molecule has 2 aromatic carbocycles. The van der Waals surface area contributed by atoms with E-state index in [0.29, 0.717) is 11.4 Å². The number of hydrogen-bond donors (Lipinski definition) is 1. The minimum atomic E-state index is -0.199. The molecule has 1 fully saturated rings. The van der Waals surface area contributed by atoms with Crippen LogP contribution in [0.5, 0.6) is 5.75 Å². The molecule has 1 saturated heterocycles. The maximum absolute atomic E-state index is 12.8. The number of methoxy groups -OCH3 is 1. The molecule has 0 unspecified atom stereocenters. The van der Waals surface area contributed by atoms with Gasteiger partial charge in [-0.3, -0.25) is 9.69 Å². The molecule has 0 aliphatic carbocycles. The van der Waals surface area contributed by atoms with Crippen LogP contribution in [0.25, 0.3) is 21.9 Å². The van der Waals surface area contributed by atoms with Crippen molar-refractivity contribution in [1.82, 2.24) is 9.80 Å². The van der Waals surface area contributed by atoms with Gasteiger partial charge in [0.15, 0.2) is 0 Å². The number of benzene rings is 2. The molecule has 1 amide bonds. The van der Waals surface area contributed by atoms with Crippen LogP contribution in [0, 0.1) is 0 Å². The van der Waals surface area contributed by atoms with Crippen molar-refractivity contribution in [2.75, 3.05) is 45.7 Å². The Morgan fingerprint density at radius 2 is 1.85 bits per heavy atom. The third-order valence-corrected chi connectivity index (χ3v) is 5.42. The van der Waals surface area contributed by atoms with Gasteiger partial charge >= 0.3 is 0 Å². The summed E-state index contributed by atoms with van der Waals surface area (Å²) in [6, 6.07) is 11.5. The molecule has 6 heteroatoms. The first-order chi connectivity index (χ1) is 13.1. The van der Waals surface area contributed by atoms with Crippen LogP contribution in [0.1, 0.15) is 6.92 Å². The highest BCUT2D eigenvalue weighted by molar-refractivity contribution is 6.08. The molecule has 0 spiro atoms. The zero-order valence-electron chi connectivity index (χ0n) is 16.0. The lowest BCUT2D eigenvalue weighted by molar-refractivity contribution is -0.121. The number of amides is 1. The fourth-order valence-corrected chi connectivity index (χ4v) is 3.63.